The number of anilines is 2. The Bertz CT molecular complexity index is 1180. The molecule has 0 atom stereocenters. The van der Waals surface area contributed by atoms with Gasteiger partial charge in [-0.3, -0.25) is 19.1 Å². The Morgan fingerprint density at radius 3 is 2.38 bits per heavy atom. The molecule has 2 heterocycles. The van der Waals surface area contributed by atoms with Gasteiger partial charge in [-0.05, 0) is 40.0 Å². The Morgan fingerprint density at radius 1 is 1.12 bits per heavy atom. The Labute approximate surface area is 184 Å². The van der Waals surface area contributed by atoms with Crippen molar-refractivity contribution in [3.63, 3.8) is 0 Å². The quantitative estimate of drug-likeness (QED) is 0.531. The molecule has 0 aliphatic heterocycles. The van der Waals surface area contributed by atoms with Crippen molar-refractivity contribution in [1.29, 1.82) is 0 Å². The number of tetrazole rings is 1. The molecule has 1 amide bonds. The molecule has 1 aromatic carbocycles. The Kier molecular flexibility index (Phi) is 6.86. The maximum atomic E-state index is 13.3. The number of aromatic amines is 1. The first-order chi connectivity index (χ1) is 15.2. The van der Waals surface area contributed by atoms with E-state index in [2.05, 4.69) is 20.5 Å². The molecular weight excluding hydrogens is 412 g/mol. The van der Waals surface area contributed by atoms with E-state index in [0.717, 1.165) is 11.3 Å². The van der Waals surface area contributed by atoms with Crippen LogP contribution in [0.2, 0.25) is 0 Å². The largest absolute Gasteiger partial charge is 0.383 e. The van der Waals surface area contributed by atoms with Crippen molar-refractivity contribution in [3.05, 3.63) is 57.0 Å². The van der Waals surface area contributed by atoms with E-state index in [-0.39, 0.29) is 42.2 Å². The second-order valence-corrected chi connectivity index (χ2v) is 8.49. The number of aromatic nitrogens is 6. The first-order valence-electron chi connectivity index (χ1n) is 10.4. The first kappa shape index (κ1) is 22.9. The number of rotatable bonds is 8. The minimum absolute atomic E-state index is 0.00419. The van der Waals surface area contributed by atoms with E-state index < -0.39 is 11.2 Å². The molecule has 0 radical (unpaired) electrons. The van der Waals surface area contributed by atoms with Crippen LogP contribution in [0.15, 0.2) is 40.2 Å². The van der Waals surface area contributed by atoms with Gasteiger partial charge in [0, 0.05) is 13.1 Å². The molecule has 0 aliphatic carbocycles. The third-order valence-electron chi connectivity index (χ3n) is 4.79. The Morgan fingerprint density at radius 2 is 1.81 bits per heavy atom. The van der Waals surface area contributed by atoms with Crippen molar-refractivity contribution in [1.82, 2.24) is 29.8 Å². The predicted octanol–water partition coefficient (Wildman–Crippen LogP) is 0.982. The van der Waals surface area contributed by atoms with Crippen LogP contribution in [0.1, 0.15) is 33.3 Å². The molecule has 32 heavy (non-hydrogen) atoms. The van der Waals surface area contributed by atoms with Crippen LogP contribution in [-0.4, -0.2) is 42.2 Å². The van der Waals surface area contributed by atoms with Crippen LogP contribution < -0.4 is 21.9 Å². The minimum atomic E-state index is -0.671. The monoisotopic (exact) mass is 440 g/mol. The van der Waals surface area contributed by atoms with Crippen molar-refractivity contribution < 1.29 is 4.79 Å². The van der Waals surface area contributed by atoms with Gasteiger partial charge in [0.15, 0.2) is 5.69 Å². The summed E-state index contributed by atoms with van der Waals surface area (Å²) < 4.78 is 2.82. The van der Waals surface area contributed by atoms with E-state index in [9.17, 15) is 14.4 Å². The van der Waals surface area contributed by atoms with Crippen LogP contribution in [-0.2, 0) is 17.8 Å². The number of hydrogen-bond acceptors (Lipinski definition) is 7. The molecule has 0 spiro atoms. The summed E-state index contributed by atoms with van der Waals surface area (Å²) in [4.78, 5) is 41.9. The normalized spacial score (nSPS) is 11.3. The number of nitrogens with zero attached hydrogens (tertiary/aromatic N) is 6. The van der Waals surface area contributed by atoms with Gasteiger partial charge in [0.25, 0.3) is 5.56 Å². The number of carbonyl (C=O) groups is 1. The van der Waals surface area contributed by atoms with Gasteiger partial charge in [-0.15, -0.1) is 5.10 Å². The lowest BCUT2D eigenvalue weighted by Crippen LogP contribution is -2.43. The summed E-state index contributed by atoms with van der Waals surface area (Å²) in [5, 5.41) is 11.0. The Hall–Kier alpha value is -3.76. The highest BCUT2D eigenvalue weighted by Gasteiger charge is 2.25. The van der Waals surface area contributed by atoms with Gasteiger partial charge in [-0.1, -0.05) is 39.8 Å². The number of H-pyrrole nitrogens is 1. The molecular formula is C21H28N8O3. The van der Waals surface area contributed by atoms with Gasteiger partial charge in [0.1, 0.15) is 12.1 Å². The maximum Gasteiger partial charge on any atom is 0.330 e. The molecule has 3 aromatic rings. The van der Waals surface area contributed by atoms with Gasteiger partial charge in [-0.25, -0.2) is 9.48 Å². The van der Waals surface area contributed by atoms with Crippen molar-refractivity contribution in [2.75, 3.05) is 17.2 Å². The number of benzene rings is 1. The van der Waals surface area contributed by atoms with Crippen LogP contribution in [0.25, 0.3) is 5.69 Å². The summed E-state index contributed by atoms with van der Waals surface area (Å²) in [7, 11) is 0. The molecule has 3 rings (SSSR count). The summed E-state index contributed by atoms with van der Waals surface area (Å²) in [6.07, 6.45) is 1.54. The minimum Gasteiger partial charge on any atom is -0.383 e. The van der Waals surface area contributed by atoms with Crippen molar-refractivity contribution in [2.24, 2.45) is 11.8 Å². The zero-order chi connectivity index (χ0) is 23.4. The summed E-state index contributed by atoms with van der Waals surface area (Å²) in [6, 6.07) is 7.21. The molecule has 3 N–H and O–H groups in total. The highest BCUT2D eigenvalue weighted by Crippen LogP contribution is 2.21. The standard InChI is InChI=1S/C21H28N8O3/c1-13(2)10-27(18-19(22)28(11-14(3)4)21(32)24-20(18)31)17(30)9-15-5-7-16(8-6-15)29-12-23-25-26-29/h5-8,12-14H,9-11,22H2,1-4H3,(H,24,31,32). The third kappa shape index (κ3) is 5.10. The lowest BCUT2D eigenvalue weighted by Gasteiger charge is -2.26. The zero-order valence-electron chi connectivity index (χ0n) is 18.6. The summed E-state index contributed by atoms with van der Waals surface area (Å²) >= 11 is 0. The number of nitrogen functional groups attached to an aromatic ring is 1. The van der Waals surface area contributed by atoms with Crippen LogP contribution in [0, 0.1) is 11.8 Å². The molecule has 11 nitrogen and oxygen atoms in total. The summed E-state index contributed by atoms with van der Waals surface area (Å²) in [6.45, 7) is 8.37. The maximum absolute atomic E-state index is 13.3. The highest BCUT2D eigenvalue weighted by atomic mass is 16.2. The number of hydrogen-bond donors (Lipinski definition) is 2. The SMILES string of the molecule is CC(C)CN(C(=O)Cc1ccc(-n2cnnn2)cc1)c1c(N)n(CC(C)C)c(=O)[nH]c1=O. The molecule has 2 aromatic heterocycles. The average molecular weight is 441 g/mol. The molecule has 0 saturated carbocycles. The Balaban J connectivity index is 1.94. The fraction of sp³-hybridized carbons (Fsp3) is 0.429. The van der Waals surface area contributed by atoms with Gasteiger partial charge in [0.2, 0.25) is 5.91 Å². The molecule has 170 valence electrons. The number of nitrogens with two attached hydrogens (primary N) is 1. The van der Waals surface area contributed by atoms with E-state index >= 15 is 0 Å². The van der Waals surface area contributed by atoms with Crippen molar-refractivity contribution >= 4 is 17.4 Å². The number of carbonyl (C=O) groups excluding carboxylic acids is 1. The van der Waals surface area contributed by atoms with Gasteiger partial charge in [0.05, 0.1) is 12.1 Å². The smallest absolute Gasteiger partial charge is 0.330 e. The molecule has 11 heteroatoms. The van der Waals surface area contributed by atoms with Crippen LogP contribution in [0.5, 0.6) is 0 Å². The lowest BCUT2D eigenvalue weighted by molar-refractivity contribution is -0.118. The summed E-state index contributed by atoms with van der Waals surface area (Å²) in [5.41, 5.74) is 6.51. The molecule has 0 bridgehead atoms. The van der Waals surface area contributed by atoms with Gasteiger partial charge < -0.3 is 10.6 Å². The lowest BCUT2D eigenvalue weighted by atomic mass is 10.1. The van der Waals surface area contributed by atoms with E-state index in [0.29, 0.717) is 6.54 Å². The van der Waals surface area contributed by atoms with Crippen molar-refractivity contribution in [2.45, 2.75) is 40.7 Å². The highest BCUT2D eigenvalue weighted by molar-refractivity contribution is 5.96. The molecule has 0 unspecified atom stereocenters. The van der Waals surface area contributed by atoms with Gasteiger partial charge in [-0.2, -0.15) is 0 Å². The molecule has 0 fully saturated rings. The second kappa shape index (κ2) is 9.58. The van der Waals surface area contributed by atoms with E-state index in [1.165, 1.54) is 20.5 Å². The van der Waals surface area contributed by atoms with Crippen LogP contribution in [0.4, 0.5) is 11.5 Å². The van der Waals surface area contributed by atoms with Crippen LogP contribution in [0.3, 0.4) is 0 Å². The van der Waals surface area contributed by atoms with Crippen LogP contribution >= 0.6 is 0 Å². The predicted molar refractivity (Wildman–Crippen MR) is 121 cm³/mol. The zero-order valence-corrected chi connectivity index (χ0v) is 18.6. The average Bonchev–Trinajstić information content (AvgIpc) is 3.25. The molecule has 0 saturated heterocycles. The van der Waals surface area contributed by atoms with E-state index in [1.54, 1.807) is 24.3 Å². The number of nitrogens with one attached hydrogen (secondary N) is 1. The number of amides is 1. The van der Waals surface area contributed by atoms with Gasteiger partial charge >= 0.3 is 5.69 Å². The fourth-order valence-electron chi connectivity index (χ4n) is 3.38. The van der Waals surface area contributed by atoms with Crippen molar-refractivity contribution in [3.8, 4) is 5.69 Å². The topological polar surface area (TPSA) is 145 Å². The third-order valence-corrected chi connectivity index (χ3v) is 4.79. The van der Waals surface area contributed by atoms with E-state index in [4.69, 9.17) is 5.73 Å². The fourth-order valence-corrected chi connectivity index (χ4v) is 3.38. The second-order valence-electron chi connectivity index (χ2n) is 8.49. The van der Waals surface area contributed by atoms with E-state index in [1.807, 2.05) is 27.7 Å². The first-order valence-corrected chi connectivity index (χ1v) is 10.4. The molecule has 0 aliphatic rings. The summed E-state index contributed by atoms with van der Waals surface area (Å²) in [5.74, 6) is -0.0941.